The van der Waals surface area contributed by atoms with Gasteiger partial charge in [-0.2, -0.15) is 5.10 Å². The van der Waals surface area contributed by atoms with Crippen LogP contribution in [0.4, 0.5) is 5.82 Å². The summed E-state index contributed by atoms with van der Waals surface area (Å²) in [5.74, 6) is -0.270. The second-order valence-electron chi connectivity index (χ2n) is 7.71. The Labute approximate surface area is 207 Å². The van der Waals surface area contributed by atoms with Crippen molar-refractivity contribution in [2.75, 3.05) is 11.9 Å². The van der Waals surface area contributed by atoms with Gasteiger partial charge in [-0.15, -0.1) is 11.3 Å². The maximum Gasteiger partial charge on any atom is 0.327 e. The maximum atomic E-state index is 13.4. The number of hydrogen-bond donors (Lipinski definition) is 2. The lowest BCUT2D eigenvalue weighted by Crippen LogP contribution is -2.42. The molecule has 0 unspecified atom stereocenters. The van der Waals surface area contributed by atoms with Crippen LogP contribution in [0.15, 0.2) is 71.8 Å². The quantitative estimate of drug-likeness (QED) is 0.310. The molecule has 4 rings (SSSR count). The van der Waals surface area contributed by atoms with E-state index in [2.05, 4.69) is 25.7 Å². The average molecular weight is 491 g/mol. The standard InChI is InChI=1S/C25H26N6O3S/c1-2-34-24(32)15-31-23(13-21(30-31)19-8-10-26-11-9-19)29-25(33)22(12-18-6-4-3-5-7-18)27-14-20-16-35-17-28-20/h3-11,13,16-17,22,27H,2,12,14-15H2,1H3,(H,29,33)/t22-/m0/s1. The molecule has 1 atom stereocenters. The first-order valence-corrected chi connectivity index (χ1v) is 12.2. The molecule has 2 N–H and O–H groups in total. The number of nitrogens with one attached hydrogen (secondary N) is 2. The van der Waals surface area contributed by atoms with Gasteiger partial charge in [0.05, 0.1) is 29.5 Å². The number of thiazole rings is 1. The van der Waals surface area contributed by atoms with Crippen molar-refractivity contribution in [3.05, 3.63) is 83.1 Å². The zero-order chi connectivity index (χ0) is 24.5. The van der Waals surface area contributed by atoms with Gasteiger partial charge in [0.2, 0.25) is 5.91 Å². The average Bonchev–Trinajstić information content (AvgIpc) is 3.53. The van der Waals surface area contributed by atoms with Crippen molar-refractivity contribution in [3.63, 3.8) is 0 Å². The Morgan fingerprint density at radius 1 is 1.14 bits per heavy atom. The van der Waals surface area contributed by atoms with Crippen LogP contribution in [0, 0.1) is 0 Å². The van der Waals surface area contributed by atoms with E-state index in [-0.39, 0.29) is 19.1 Å². The highest BCUT2D eigenvalue weighted by Crippen LogP contribution is 2.22. The lowest BCUT2D eigenvalue weighted by molar-refractivity contribution is -0.144. The molecule has 0 bridgehead atoms. The van der Waals surface area contributed by atoms with Crippen molar-refractivity contribution in [1.82, 2.24) is 25.1 Å². The SMILES string of the molecule is CCOC(=O)Cn1nc(-c2ccncc2)cc1NC(=O)[C@H](Cc1ccccc1)NCc1cscn1. The van der Waals surface area contributed by atoms with Crippen molar-refractivity contribution < 1.29 is 14.3 Å². The fourth-order valence-electron chi connectivity index (χ4n) is 3.50. The minimum atomic E-state index is -0.533. The molecule has 10 heteroatoms. The third-order valence-electron chi connectivity index (χ3n) is 5.20. The molecule has 0 aliphatic heterocycles. The number of nitrogens with zero attached hydrogens (tertiary/aromatic N) is 4. The van der Waals surface area contributed by atoms with E-state index in [1.54, 1.807) is 30.9 Å². The van der Waals surface area contributed by atoms with Crippen LogP contribution in [0.3, 0.4) is 0 Å². The van der Waals surface area contributed by atoms with Crippen LogP contribution in [0.5, 0.6) is 0 Å². The smallest absolute Gasteiger partial charge is 0.327 e. The van der Waals surface area contributed by atoms with Gasteiger partial charge in [0.25, 0.3) is 0 Å². The zero-order valence-electron chi connectivity index (χ0n) is 19.3. The Bertz CT molecular complexity index is 1230. The third-order valence-corrected chi connectivity index (χ3v) is 5.84. The summed E-state index contributed by atoms with van der Waals surface area (Å²) in [6.07, 6.45) is 3.81. The third kappa shape index (κ3) is 6.81. The molecule has 0 aliphatic carbocycles. The van der Waals surface area contributed by atoms with E-state index in [0.717, 1.165) is 16.8 Å². The molecule has 4 aromatic rings. The summed E-state index contributed by atoms with van der Waals surface area (Å²) in [7, 11) is 0. The Kier molecular flexibility index (Phi) is 8.31. The van der Waals surface area contributed by atoms with Crippen molar-refractivity contribution in [2.45, 2.75) is 32.5 Å². The summed E-state index contributed by atoms with van der Waals surface area (Å²) >= 11 is 1.51. The Balaban J connectivity index is 1.57. The summed E-state index contributed by atoms with van der Waals surface area (Å²) in [5, 5.41) is 12.7. The first-order valence-electron chi connectivity index (χ1n) is 11.2. The van der Waals surface area contributed by atoms with Gasteiger partial charge >= 0.3 is 5.97 Å². The number of benzene rings is 1. The summed E-state index contributed by atoms with van der Waals surface area (Å²) in [6.45, 7) is 2.34. The van der Waals surface area contributed by atoms with E-state index in [1.165, 1.54) is 16.0 Å². The van der Waals surface area contributed by atoms with Crippen LogP contribution in [0.25, 0.3) is 11.3 Å². The Morgan fingerprint density at radius 3 is 2.66 bits per heavy atom. The van der Waals surface area contributed by atoms with Gasteiger partial charge in [-0.05, 0) is 31.0 Å². The first kappa shape index (κ1) is 24.2. The molecule has 0 aliphatic rings. The lowest BCUT2D eigenvalue weighted by atomic mass is 10.1. The summed E-state index contributed by atoms with van der Waals surface area (Å²) < 4.78 is 6.54. The van der Waals surface area contributed by atoms with Crippen LogP contribution in [0.1, 0.15) is 18.2 Å². The number of ether oxygens (including phenoxy) is 1. The molecule has 35 heavy (non-hydrogen) atoms. The van der Waals surface area contributed by atoms with Gasteiger partial charge < -0.3 is 10.1 Å². The van der Waals surface area contributed by atoms with Crippen molar-refractivity contribution in [3.8, 4) is 11.3 Å². The summed E-state index contributed by atoms with van der Waals surface area (Å²) in [6, 6.07) is 14.6. The van der Waals surface area contributed by atoms with Crippen molar-refractivity contribution in [2.24, 2.45) is 0 Å². The predicted molar refractivity (Wildman–Crippen MR) is 134 cm³/mol. The zero-order valence-corrected chi connectivity index (χ0v) is 20.1. The van der Waals surface area contributed by atoms with Crippen molar-refractivity contribution in [1.29, 1.82) is 0 Å². The molecule has 0 fully saturated rings. The Morgan fingerprint density at radius 2 is 1.94 bits per heavy atom. The number of esters is 1. The van der Waals surface area contributed by atoms with Crippen LogP contribution in [-0.4, -0.2) is 44.3 Å². The minimum Gasteiger partial charge on any atom is -0.465 e. The number of carbonyl (C=O) groups is 2. The van der Waals surface area contributed by atoms with Gasteiger partial charge in [0.1, 0.15) is 12.4 Å². The van der Waals surface area contributed by atoms with Crippen LogP contribution in [-0.2, 0) is 33.8 Å². The molecule has 1 aromatic carbocycles. The molecular formula is C25H26N6O3S. The van der Waals surface area contributed by atoms with E-state index < -0.39 is 12.0 Å². The second kappa shape index (κ2) is 12.0. The highest BCUT2D eigenvalue weighted by atomic mass is 32.1. The summed E-state index contributed by atoms with van der Waals surface area (Å²) in [4.78, 5) is 33.9. The van der Waals surface area contributed by atoms with Crippen LogP contribution >= 0.6 is 11.3 Å². The van der Waals surface area contributed by atoms with E-state index >= 15 is 0 Å². The molecular weight excluding hydrogens is 464 g/mol. The number of pyridine rings is 1. The van der Waals surface area contributed by atoms with Crippen molar-refractivity contribution >= 4 is 29.0 Å². The fraction of sp³-hybridized carbons (Fsp3) is 0.240. The second-order valence-corrected chi connectivity index (χ2v) is 8.42. The highest BCUT2D eigenvalue weighted by Gasteiger charge is 2.22. The Hall–Kier alpha value is -3.89. The van der Waals surface area contributed by atoms with Gasteiger partial charge in [-0.1, -0.05) is 30.3 Å². The molecule has 0 radical (unpaired) electrons. The monoisotopic (exact) mass is 490 g/mol. The van der Waals surface area contributed by atoms with E-state index in [1.807, 2.05) is 47.8 Å². The molecule has 1 amide bonds. The highest BCUT2D eigenvalue weighted by molar-refractivity contribution is 7.07. The maximum absolute atomic E-state index is 13.4. The van der Waals surface area contributed by atoms with Gasteiger partial charge in [-0.25, -0.2) is 9.67 Å². The fourth-order valence-corrected chi connectivity index (χ4v) is 4.06. The number of carbonyl (C=O) groups excluding carboxylic acids is 2. The summed E-state index contributed by atoms with van der Waals surface area (Å²) in [5.41, 5.74) is 5.09. The predicted octanol–water partition coefficient (Wildman–Crippen LogP) is 3.30. The molecule has 3 heterocycles. The molecule has 9 nitrogen and oxygen atoms in total. The number of hydrogen-bond acceptors (Lipinski definition) is 8. The molecule has 3 aromatic heterocycles. The molecule has 180 valence electrons. The van der Waals surface area contributed by atoms with Crippen LogP contribution in [0.2, 0.25) is 0 Å². The molecule has 0 spiro atoms. The minimum absolute atomic E-state index is 0.121. The normalized spacial score (nSPS) is 11.7. The topological polar surface area (TPSA) is 111 Å². The first-order chi connectivity index (χ1) is 17.1. The largest absolute Gasteiger partial charge is 0.465 e. The van der Waals surface area contributed by atoms with E-state index in [0.29, 0.717) is 24.5 Å². The number of rotatable bonds is 11. The lowest BCUT2D eigenvalue weighted by Gasteiger charge is -2.18. The number of aromatic nitrogens is 4. The number of amides is 1. The number of anilines is 1. The van der Waals surface area contributed by atoms with E-state index in [4.69, 9.17) is 4.74 Å². The van der Waals surface area contributed by atoms with Gasteiger partial charge in [0.15, 0.2) is 0 Å². The van der Waals surface area contributed by atoms with Crippen LogP contribution < -0.4 is 10.6 Å². The van der Waals surface area contributed by atoms with Gasteiger partial charge in [-0.3, -0.25) is 19.9 Å². The molecule has 0 saturated carbocycles. The van der Waals surface area contributed by atoms with Gasteiger partial charge in [0, 0.05) is 35.9 Å². The molecule has 0 saturated heterocycles. The van der Waals surface area contributed by atoms with E-state index in [9.17, 15) is 9.59 Å².